The molecule has 5 rings (SSSR count). The Kier molecular flexibility index (Phi) is 6.91. The van der Waals surface area contributed by atoms with E-state index in [0.29, 0.717) is 23.5 Å². The lowest BCUT2D eigenvalue weighted by Gasteiger charge is -2.50. The van der Waals surface area contributed by atoms with Crippen LogP contribution in [0.1, 0.15) is 32.1 Å². The van der Waals surface area contributed by atoms with Crippen LogP contribution in [0.25, 0.3) is 0 Å². The van der Waals surface area contributed by atoms with Crippen LogP contribution in [0, 0.1) is 18.8 Å². The van der Waals surface area contributed by atoms with E-state index in [9.17, 15) is 34.8 Å². The number of aliphatic hydroxyl groups excluding tert-OH is 2. The smallest absolute Gasteiger partial charge is 0.255 e. The number of nitrogens with two attached hydrogens (primary N) is 1. The van der Waals surface area contributed by atoms with Crippen molar-refractivity contribution in [3.05, 3.63) is 61.7 Å². The average molecular weight is 583 g/mol. The van der Waals surface area contributed by atoms with Gasteiger partial charge in [-0.25, -0.2) is 0 Å². The number of rotatable bonds is 6. The number of fused-ring (bicyclic) bond motifs is 3. The number of nitrogens with one attached hydrogen (secondary N) is 1. The minimum atomic E-state index is -2.67. The van der Waals surface area contributed by atoms with Gasteiger partial charge in [-0.3, -0.25) is 19.3 Å². The molecule has 41 heavy (non-hydrogen) atoms. The average Bonchev–Trinajstić information content (AvgIpc) is 3.30. The Bertz CT molecular complexity index is 1560. The van der Waals surface area contributed by atoms with Gasteiger partial charge in [-0.1, -0.05) is 0 Å². The number of carbonyl (C=O) groups excluding carboxylic acids is 3. The summed E-state index contributed by atoms with van der Waals surface area (Å²) in [5.74, 6) is -6.70. The molecule has 3 aliphatic rings. The number of benzene rings is 1. The molecule has 0 radical (unpaired) electrons. The first-order valence-corrected chi connectivity index (χ1v) is 14.0. The Labute approximate surface area is 241 Å². The third-order valence-electron chi connectivity index (χ3n) is 8.43. The number of anilines is 2. The largest absolute Gasteiger partial charge is 0.510 e. The number of primary amides is 1. The van der Waals surface area contributed by atoms with Gasteiger partial charge in [-0.15, -0.1) is 11.3 Å². The maximum atomic E-state index is 14.1. The van der Waals surface area contributed by atoms with Crippen LogP contribution in [-0.4, -0.2) is 82.6 Å². The highest BCUT2D eigenvalue weighted by atomic mass is 32.1. The molecule has 0 saturated carbocycles. The number of hydrogen-bond donors (Lipinski definition) is 6. The number of allylic oxidation sites excluding steroid dienone is 1. The molecule has 218 valence electrons. The highest BCUT2D eigenvalue weighted by Gasteiger charge is 2.63. The minimum absolute atomic E-state index is 0.0261. The van der Waals surface area contributed by atoms with Gasteiger partial charge in [-0.2, -0.15) is 0 Å². The molecule has 4 unspecified atom stereocenters. The summed E-state index contributed by atoms with van der Waals surface area (Å²) in [6.45, 7) is 2.41. The number of Topliss-reactive ketones (excluding diaryl/α,β-unsaturated/α-hetero) is 2. The Morgan fingerprint density at radius 2 is 1.85 bits per heavy atom. The molecule has 7 N–H and O–H groups in total. The molecule has 11 nitrogen and oxygen atoms in total. The molecule has 1 heterocycles. The predicted octanol–water partition coefficient (Wildman–Crippen LogP) is 2.17. The molecule has 0 bridgehead atoms. The van der Waals surface area contributed by atoms with Crippen LogP contribution in [-0.2, 0) is 22.6 Å². The molecular formula is C29H34N4O7S. The minimum Gasteiger partial charge on any atom is -0.510 e. The van der Waals surface area contributed by atoms with Crippen molar-refractivity contribution in [2.75, 3.05) is 38.4 Å². The van der Waals surface area contributed by atoms with Crippen LogP contribution in [0.15, 0.2) is 40.9 Å². The van der Waals surface area contributed by atoms with E-state index >= 15 is 0 Å². The summed E-state index contributed by atoms with van der Waals surface area (Å²) in [5.41, 5.74) is 3.28. The van der Waals surface area contributed by atoms with Crippen LogP contribution in [0.3, 0.4) is 0 Å². The van der Waals surface area contributed by atoms with E-state index in [1.165, 1.54) is 4.90 Å². The standard InChI is InChI=1S/C29H34N4O7S/c1-12-6-7-14(41-12)11-31-17-10-18(32(2)3)15-8-13-9-16-22(33(4)5)25(36)21(28(30)39)27(38)29(16,40)26(37)19(13)24(35)20(15)23(17)34/h6-7,10,13,16,22,31,34,36-37,40H,8-9,11H2,1-5H3,(H2,30,39). The highest BCUT2D eigenvalue weighted by Crippen LogP contribution is 2.54. The summed E-state index contributed by atoms with van der Waals surface area (Å²) in [7, 11) is 6.84. The van der Waals surface area contributed by atoms with E-state index in [1.54, 1.807) is 31.5 Å². The molecule has 0 aliphatic heterocycles. The monoisotopic (exact) mass is 582 g/mol. The molecule has 3 aliphatic carbocycles. The Hall–Kier alpha value is -3.87. The number of nitrogens with zero attached hydrogens (tertiary/aromatic N) is 2. The third kappa shape index (κ3) is 4.20. The number of phenolic OH excluding ortho intramolecular Hbond substituents is 1. The molecule has 12 heteroatoms. The number of hydrogen-bond acceptors (Lipinski definition) is 11. The molecule has 4 atom stereocenters. The van der Waals surface area contributed by atoms with Crippen LogP contribution < -0.4 is 16.0 Å². The predicted molar refractivity (Wildman–Crippen MR) is 154 cm³/mol. The lowest BCUT2D eigenvalue weighted by Crippen LogP contribution is -2.63. The van der Waals surface area contributed by atoms with Gasteiger partial charge in [0.2, 0.25) is 5.78 Å². The van der Waals surface area contributed by atoms with Gasteiger partial charge >= 0.3 is 0 Å². The van der Waals surface area contributed by atoms with Gasteiger partial charge in [0.25, 0.3) is 5.91 Å². The molecule has 1 aromatic carbocycles. The first-order valence-electron chi connectivity index (χ1n) is 13.2. The van der Waals surface area contributed by atoms with Gasteiger partial charge in [0.05, 0.1) is 17.3 Å². The van der Waals surface area contributed by atoms with Gasteiger partial charge in [-0.05, 0) is 63.5 Å². The van der Waals surface area contributed by atoms with E-state index in [2.05, 4.69) is 5.32 Å². The molecule has 1 aromatic heterocycles. The number of thiophene rings is 1. The maximum absolute atomic E-state index is 14.1. The Balaban J connectivity index is 1.66. The highest BCUT2D eigenvalue weighted by molar-refractivity contribution is 7.11. The van der Waals surface area contributed by atoms with Crippen molar-refractivity contribution in [2.24, 2.45) is 17.6 Å². The van der Waals surface area contributed by atoms with Crippen molar-refractivity contribution >= 4 is 40.2 Å². The zero-order valence-corrected chi connectivity index (χ0v) is 24.3. The molecule has 0 saturated heterocycles. The van der Waals surface area contributed by atoms with Crippen molar-refractivity contribution in [1.29, 1.82) is 0 Å². The number of amides is 1. The van der Waals surface area contributed by atoms with Crippen molar-refractivity contribution in [3.63, 3.8) is 0 Å². The van der Waals surface area contributed by atoms with Gasteiger partial charge in [0, 0.05) is 47.6 Å². The number of ketones is 2. The fraction of sp³-hybridized carbons (Fsp3) is 0.414. The first-order chi connectivity index (χ1) is 19.2. The van der Waals surface area contributed by atoms with Crippen molar-refractivity contribution in [2.45, 2.75) is 38.0 Å². The number of aromatic hydroxyl groups is 1. The number of carbonyl (C=O) groups is 3. The number of likely N-dealkylation sites (N-methyl/N-ethyl adjacent to an activating group) is 1. The van der Waals surface area contributed by atoms with Crippen molar-refractivity contribution in [1.82, 2.24) is 4.90 Å². The topological polar surface area (TPSA) is 177 Å². The van der Waals surface area contributed by atoms with Crippen molar-refractivity contribution < 1.29 is 34.8 Å². The van der Waals surface area contributed by atoms with E-state index in [0.717, 1.165) is 9.75 Å². The number of aliphatic hydroxyl groups is 3. The Morgan fingerprint density at radius 3 is 2.41 bits per heavy atom. The second kappa shape index (κ2) is 9.89. The lowest BCUT2D eigenvalue weighted by molar-refractivity contribution is -0.148. The van der Waals surface area contributed by atoms with Crippen molar-refractivity contribution in [3.8, 4) is 5.75 Å². The second-order valence-electron chi connectivity index (χ2n) is 11.4. The van der Waals surface area contributed by atoms with E-state index in [4.69, 9.17) is 5.73 Å². The zero-order chi connectivity index (χ0) is 30.1. The van der Waals surface area contributed by atoms with Gasteiger partial charge < -0.3 is 36.4 Å². The summed E-state index contributed by atoms with van der Waals surface area (Å²) >= 11 is 1.60. The molecule has 0 spiro atoms. The van der Waals surface area contributed by atoms with Gasteiger partial charge in [0.15, 0.2) is 11.4 Å². The molecule has 0 fully saturated rings. The Morgan fingerprint density at radius 1 is 1.17 bits per heavy atom. The summed E-state index contributed by atoms with van der Waals surface area (Å²) in [4.78, 5) is 45.3. The maximum Gasteiger partial charge on any atom is 0.255 e. The normalized spacial score (nSPS) is 25.7. The lowest BCUT2D eigenvalue weighted by atomic mass is 9.58. The van der Waals surface area contributed by atoms with Crippen LogP contribution in [0.5, 0.6) is 5.75 Å². The van der Waals surface area contributed by atoms with Crippen LogP contribution >= 0.6 is 11.3 Å². The van der Waals surface area contributed by atoms with Crippen LogP contribution in [0.2, 0.25) is 0 Å². The van der Waals surface area contributed by atoms with Gasteiger partial charge in [0.1, 0.15) is 22.8 Å². The first kappa shape index (κ1) is 28.7. The molecular weight excluding hydrogens is 548 g/mol. The zero-order valence-electron chi connectivity index (χ0n) is 23.5. The van der Waals surface area contributed by atoms with E-state index in [1.807, 2.05) is 38.1 Å². The number of aryl methyl sites for hydroxylation is 1. The molecule has 2 aromatic rings. The molecule has 1 amide bonds. The second-order valence-corrected chi connectivity index (χ2v) is 12.7. The fourth-order valence-corrected chi connectivity index (χ4v) is 7.43. The number of phenols is 1. The third-order valence-corrected chi connectivity index (χ3v) is 9.43. The summed E-state index contributed by atoms with van der Waals surface area (Å²) in [5, 5.41) is 48.8. The summed E-state index contributed by atoms with van der Waals surface area (Å²) < 4.78 is 0. The summed E-state index contributed by atoms with van der Waals surface area (Å²) in [6.07, 6.45) is 0.261. The SMILES string of the molecule is Cc1ccc(CNc2cc(N(C)C)c3c(c2O)C(=O)C2=C(O)C4(O)C(=O)C(C(N)=O)=C(O)C(N(C)C)C4CC2C3)s1. The van der Waals surface area contributed by atoms with E-state index < -0.39 is 58.0 Å². The fourth-order valence-electron chi connectivity index (χ4n) is 6.60. The summed E-state index contributed by atoms with van der Waals surface area (Å²) in [6, 6.07) is 4.71. The van der Waals surface area contributed by atoms with Crippen LogP contribution in [0.4, 0.5) is 11.4 Å². The van der Waals surface area contributed by atoms with E-state index in [-0.39, 0.29) is 29.7 Å². The quantitative estimate of drug-likeness (QED) is 0.219.